The molecule has 25 heavy (non-hydrogen) atoms. The van der Waals surface area contributed by atoms with Crippen LogP contribution in [0.15, 0.2) is 59.9 Å². The number of allylic oxidation sites excluding steroid dienone is 1. The minimum atomic E-state index is -0.598. The molecule has 0 aliphatic heterocycles. The summed E-state index contributed by atoms with van der Waals surface area (Å²) in [6, 6.07) is 16.3. The van der Waals surface area contributed by atoms with Gasteiger partial charge in [-0.3, -0.25) is 4.79 Å². The number of rotatable bonds is 5. The van der Waals surface area contributed by atoms with Gasteiger partial charge in [-0.1, -0.05) is 17.7 Å². The summed E-state index contributed by atoms with van der Waals surface area (Å²) < 4.78 is 5.73. The molecule has 2 aromatic rings. The number of aryl methyl sites for hydroxylation is 1. The van der Waals surface area contributed by atoms with E-state index in [1.807, 2.05) is 31.2 Å². The highest BCUT2D eigenvalue weighted by Crippen LogP contribution is 2.36. The van der Waals surface area contributed by atoms with Gasteiger partial charge in [-0.15, -0.1) is 0 Å². The molecule has 0 radical (unpaired) electrons. The fourth-order valence-electron chi connectivity index (χ4n) is 2.33. The number of hydrogen-bond acceptors (Lipinski definition) is 4. The van der Waals surface area contributed by atoms with Gasteiger partial charge in [-0.25, -0.2) is 0 Å². The van der Waals surface area contributed by atoms with Gasteiger partial charge in [0.1, 0.15) is 23.3 Å². The van der Waals surface area contributed by atoms with Gasteiger partial charge in [0.2, 0.25) is 0 Å². The maximum atomic E-state index is 12.1. The van der Waals surface area contributed by atoms with Crippen molar-refractivity contribution in [1.29, 1.82) is 5.26 Å². The highest BCUT2D eigenvalue weighted by Gasteiger charge is 2.30. The lowest BCUT2D eigenvalue weighted by atomic mass is 10.1. The van der Waals surface area contributed by atoms with Crippen LogP contribution in [0.3, 0.4) is 0 Å². The molecule has 0 saturated heterocycles. The van der Waals surface area contributed by atoms with Gasteiger partial charge in [-0.05, 0) is 56.2 Å². The fourth-order valence-corrected chi connectivity index (χ4v) is 2.33. The molecule has 0 aromatic heterocycles. The van der Waals surface area contributed by atoms with E-state index in [0.717, 1.165) is 24.2 Å². The van der Waals surface area contributed by atoms with Gasteiger partial charge in [0.15, 0.2) is 5.57 Å². The van der Waals surface area contributed by atoms with Crippen LogP contribution in [0, 0.1) is 24.2 Å². The van der Waals surface area contributed by atoms with Crippen LogP contribution >= 0.6 is 0 Å². The van der Waals surface area contributed by atoms with E-state index in [4.69, 9.17) is 10.00 Å². The number of nitrogens with one attached hydrogen (secondary N) is 1. The SMILES string of the molecule is Cc1ccc(Oc2ccc(NC(=O)/C(C#N)=C(\O)C3CC3)cc2)cc1. The van der Waals surface area contributed by atoms with Crippen molar-refractivity contribution < 1.29 is 14.6 Å². The van der Waals surface area contributed by atoms with Crippen LogP contribution in [-0.4, -0.2) is 11.0 Å². The second kappa shape index (κ2) is 7.10. The van der Waals surface area contributed by atoms with E-state index in [9.17, 15) is 9.90 Å². The van der Waals surface area contributed by atoms with Crippen LogP contribution in [0.25, 0.3) is 0 Å². The minimum Gasteiger partial charge on any atom is -0.510 e. The Morgan fingerprint density at radius 2 is 1.68 bits per heavy atom. The fraction of sp³-hybridized carbons (Fsp3) is 0.200. The number of carbonyl (C=O) groups excluding carboxylic acids is 1. The molecule has 0 spiro atoms. The van der Waals surface area contributed by atoms with Gasteiger partial charge in [0, 0.05) is 11.6 Å². The van der Waals surface area contributed by atoms with Crippen molar-refractivity contribution in [1.82, 2.24) is 0 Å². The number of benzene rings is 2. The number of ether oxygens (including phenoxy) is 1. The van der Waals surface area contributed by atoms with Crippen LogP contribution < -0.4 is 10.1 Å². The topological polar surface area (TPSA) is 82.3 Å². The molecule has 0 bridgehead atoms. The van der Waals surface area contributed by atoms with Crippen LogP contribution in [0.1, 0.15) is 18.4 Å². The molecule has 0 unspecified atom stereocenters. The quantitative estimate of drug-likeness (QED) is 0.480. The van der Waals surface area contributed by atoms with Crippen LogP contribution in [0.5, 0.6) is 11.5 Å². The Bertz CT molecular complexity index is 842. The standard InChI is InChI=1S/C20H18N2O3/c1-13-2-8-16(9-3-13)25-17-10-6-15(7-11-17)22-20(24)18(12-21)19(23)14-4-5-14/h2-3,6-11,14,23H,4-5H2,1H3,(H,22,24)/b19-18-. The maximum absolute atomic E-state index is 12.1. The van der Waals surface area contributed by atoms with Crippen molar-refractivity contribution in [2.75, 3.05) is 5.32 Å². The van der Waals surface area contributed by atoms with E-state index >= 15 is 0 Å². The molecule has 5 heteroatoms. The number of hydrogen-bond donors (Lipinski definition) is 2. The zero-order valence-electron chi connectivity index (χ0n) is 13.8. The predicted octanol–water partition coefficient (Wildman–Crippen LogP) is 4.47. The predicted molar refractivity (Wildman–Crippen MR) is 94.3 cm³/mol. The average molecular weight is 334 g/mol. The summed E-state index contributed by atoms with van der Waals surface area (Å²) in [7, 11) is 0. The van der Waals surface area contributed by atoms with Crippen LogP contribution in [0.4, 0.5) is 5.69 Å². The number of anilines is 1. The number of aliphatic hydroxyl groups excluding tert-OH is 1. The second-order valence-electron chi connectivity index (χ2n) is 6.04. The smallest absolute Gasteiger partial charge is 0.269 e. The third-order valence-electron chi connectivity index (χ3n) is 3.93. The van der Waals surface area contributed by atoms with E-state index in [2.05, 4.69) is 5.32 Å². The third kappa shape index (κ3) is 4.18. The zero-order valence-corrected chi connectivity index (χ0v) is 13.8. The summed E-state index contributed by atoms with van der Waals surface area (Å²) >= 11 is 0. The molecule has 1 amide bonds. The molecule has 5 nitrogen and oxygen atoms in total. The second-order valence-corrected chi connectivity index (χ2v) is 6.04. The first-order chi connectivity index (χ1) is 12.1. The number of nitrogens with zero attached hydrogens (tertiary/aromatic N) is 1. The summed E-state index contributed by atoms with van der Waals surface area (Å²) in [6.07, 6.45) is 1.63. The van der Waals surface area contributed by atoms with Crippen molar-refractivity contribution in [3.8, 4) is 17.6 Å². The lowest BCUT2D eigenvalue weighted by Crippen LogP contribution is -2.15. The van der Waals surface area contributed by atoms with Crippen molar-refractivity contribution in [3.05, 3.63) is 65.4 Å². The van der Waals surface area contributed by atoms with Crippen molar-refractivity contribution in [2.24, 2.45) is 5.92 Å². The first kappa shape index (κ1) is 16.6. The molecule has 3 rings (SSSR count). The lowest BCUT2D eigenvalue weighted by Gasteiger charge is -2.08. The lowest BCUT2D eigenvalue weighted by molar-refractivity contribution is -0.112. The highest BCUT2D eigenvalue weighted by molar-refractivity contribution is 6.07. The van der Waals surface area contributed by atoms with E-state index < -0.39 is 5.91 Å². The first-order valence-corrected chi connectivity index (χ1v) is 8.06. The molecule has 126 valence electrons. The molecule has 2 N–H and O–H groups in total. The number of carbonyl (C=O) groups is 1. The van der Waals surface area contributed by atoms with Crippen molar-refractivity contribution in [3.63, 3.8) is 0 Å². The highest BCUT2D eigenvalue weighted by atomic mass is 16.5. The maximum Gasteiger partial charge on any atom is 0.269 e. The molecular formula is C20H18N2O3. The summed E-state index contributed by atoms with van der Waals surface area (Å²) in [5.41, 5.74) is 1.46. The first-order valence-electron chi connectivity index (χ1n) is 8.06. The Morgan fingerprint density at radius 3 is 2.20 bits per heavy atom. The molecular weight excluding hydrogens is 316 g/mol. The van der Waals surface area contributed by atoms with Crippen LogP contribution in [-0.2, 0) is 4.79 Å². The third-order valence-corrected chi connectivity index (χ3v) is 3.93. The number of nitriles is 1. The largest absolute Gasteiger partial charge is 0.510 e. The molecule has 0 atom stereocenters. The molecule has 1 fully saturated rings. The Hall–Kier alpha value is -3.26. The molecule has 2 aromatic carbocycles. The monoisotopic (exact) mass is 334 g/mol. The van der Waals surface area contributed by atoms with Crippen LogP contribution in [0.2, 0.25) is 0 Å². The molecule has 1 aliphatic rings. The molecule has 1 aliphatic carbocycles. The summed E-state index contributed by atoms with van der Waals surface area (Å²) in [5.74, 6) is 0.606. The van der Waals surface area contributed by atoms with Gasteiger partial charge in [0.25, 0.3) is 5.91 Å². The van der Waals surface area contributed by atoms with Crippen molar-refractivity contribution >= 4 is 11.6 Å². The van der Waals surface area contributed by atoms with Gasteiger partial charge in [0.05, 0.1) is 0 Å². The summed E-state index contributed by atoms with van der Waals surface area (Å²) in [4.78, 5) is 12.1. The van der Waals surface area contributed by atoms with Gasteiger partial charge < -0.3 is 15.2 Å². The Balaban J connectivity index is 1.66. The van der Waals surface area contributed by atoms with E-state index in [0.29, 0.717) is 11.4 Å². The zero-order chi connectivity index (χ0) is 17.8. The number of amides is 1. The minimum absolute atomic E-state index is 0.0503. The average Bonchev–Trinajstić information content (AvgIpc) is 3.44. The van der Waals surface area contributed by atoms with E-state index in [1.165, 1.54) is 0 Å². The van der Waals surface area contributed by atoms with Gasteiger partial charge >= 0.3 is 0 Å². The molecule has 1 saturated carbocycles. The normalized spacial score (nSPS) is 14.2. The molecule has 0 heterocycles. The Morgan fingerprint density at radius 1 is 1.12 bits per heavy atom. The Kier molecular flexibility index (Phi) is 4.71. The summed E-state index contributed by atoms with van der Waals surface area (Å²) in [5, 5.41) is 21.6. The van der Waals surface area contributed by atoms with E-state index in [1.54, 1.807) is 30.3 Å². The summed E-state index contributed by atoms with van der Waals surface area (Å²) in [6.45, 7) is 2.01. The van der Waals surface area contributed by atoms with Gasteiger partial charge in [-0.2, -0.15) is 5.26 Å². The Labute approximate surface area is 146 Å². The van der Waals surface area contributed by atoms with E-state index in [-0.39, 0.29) is 17.3 Å². The van der Waals surface area contributed by atoms with Crippen molar-refractivity contribution in [2.45, 2.75) is 19.8 Å². The number of aliphatic hydroxyl groups is 1.